The molecule has 14 heteroatoms. The van der Waals surface area contributed by atoms with Crippen molar-refractivity contribution in [1.82, 2.24) is 25.3 Å². The zero-order valence-electron chi connectivity index (χ0n) is 29.7. The van der Waals surface area contributed by atoms with Crippen molar-refractivity contribution in [2.24, 2.45) is 11.3 Å². The Kier molecular flexibility index (Phi) is 10.3. The molecular weight excluding hydrogens is 708 g/mol. The lowest BCUT2D eigenvalue weighted by Crippen LogP contribution is -2.59. The fraction of sp³-hybridized carbons (Fsp3) is 0.556. The number of likely N-dealkylation sites (tertiary alicyclic amines) is 1. The van der Waals surface area contributed by atoms with Gasteiger partial charge in [0.15, 0.2) is 0 Å². The Morgan fingerprint density at radius 1 is 1.12 bits per heavy atom. The number of nitrogens with one attached hydrogen (secondary N) is 2. The minimum absolute atomic E-state index is 0.0341. The molecule has 1 aliphatic carbocycles. The maximum Gasteiger partial charge on any atom is 0.408 e. The number of nitrogens with zero attached hydrogens (tertiary/aromatic N) is 4. The van der Waals surface area contributed by atoms with E-state index in [2.05, 4.69) is 55.3 Å². The van der Waals surface area contributed by atoms with E-state index in [1.165, 1.54) is 20.7 Å². The molecule has 0 radical (unpaired) electrons. The van der Waals surface area contributed by atoms with Crippen molar-refractivity contribution in [2.75, 3.05) is 18.1 Å². The molecule has 0 spiro atoms. The van der Waals surface area contributed by atoms with Gasteiger partial charge in [0.25, 0.3) is 5.56 Å². The molecule has 0 unspecified atom stereocenters. The van der Waals surface area contributed by atoms with E-state index in [-0.39, 0.29) is 25.5 Å². The quantitative estimate of drug-likeness (QED) is 0.283. The summed E-state index contributed by atoms with van der Waals surface area (Å²) in [5.74, 6) is -2.04. The summed E-state index contributed by atoms with van der Waals surface area (Å²) in [4.78, 5) is 71.9. The van der Waals surface area contributed by atoms with Gasteiger partial charge in [-0.15, -0.1) is 6.58 Å². The van der Waals surface area contributed by atoms with Crippen molar-refractivity contribution < 1.29 is 28.7 Å². The number of carbonyl (C=O) groups is 4. The summed E-state index contributed by atoms with van der Waals surface area (Å²) in [5.41, 5.74) is -0.333. The van der Waals surface area contributed by atoms with Crippen LogP contribution in [0.15, 0.2) is 52.4 Å². The Morgan fingerprint density at radius 3 is 2.30 bits per heavy atom. The van der Waals surface area contributed by atoms with Crippen LogP contribution in [0.2, 0.25) is 0 Å². The molecule has 1 aromatic carbocycles. The molecule has 5 rings (SSSR count). The summed E-state index contributed by atoms with van der Waals surface area (Å²) < 4.78 is 12.4. The van der Waals surface area contributed by atoms with Crippen molar-refractivity contribution >= 4 is 45.5 Å². The summed E-state index contributed by atoms with van der Waals surface area (Å²) in [7, 11) is 0. The number of fused-ring (bicyclic) bond motifs is 1. The van der Waals surface area contributed by atoms with Gasteiger partial charge in [-0.1, -0.05) is 51.1 Å². The number of alkyl carbamates (subject to hydrolysis) is 1. The van der Waals surface area contributed by atoms with Crippen molar-refractivity contribution in [3.63, 3.8) is 0 Å². The van der Waals surface area contributed by atoms with Crippen LogP contribution >= 0.6 is 15.9 Å². The lowest BCUT2D eigenvalue weighted by atomic mass is 9.85. The highest BCUT2D eigenvalue weighted by Crippen LogP contribution is 2.46. The molecule has 270 valence electrons. The van der Waals surface area contributed by atoms with Gasteiger partial charge in [0, 0.05) is 32.0 Å². The fourth-order valence-corrected chi connectivity index (χ4v) is 7.24. The Bertz CT molecular complexity index is 1720. The Hall–Kier alpha value is -4.20. The van der Waals surface area contributed by atoms with Gasteiger partial charge >= 0.3 is 12.1 Å². The summed E-state index contributed by atoms with van der Waals surface area (Å²) in [6.45, 7) is 17.3. The van der Waals surface area contributed by atoms with Crippen LogP contribution in [0.5, 0.6) is 0 Å². The number of halogens is 1. The van der Waals surface area contributed by atoms with Crippen molar-refractivity contribution in [2.45, 2.75) is 104 Å². The van der Waals surface area contributed by atoms with Crippen LogP contribution in [-0.2, 0) is 36.9 Å². The number of ether oxygens (including phenoxy) is 2. The lowest BCUT2D eigenvalue weighted by Gasteiger charge is -2.36. The number of amides is 3. The average molecular weight is 756 g/mol. The zero-order chi connectivity index (χ0) is 36.8. The third kappa shape index (κ3) is 7.45. The molecule has 2 aromatic rings. The van der Waals surface area contributed by atoms with Crippen LogP contribution in [0.25, 0.3) is 0 Å². The molecule has 2 fully saturated rings. The van der Waals surface area contributed by atoms with Crippen LogP contribution in [0.4, 0.5) is 10.5 Å². The first-order valence-electron chi connectivity index (χ1n) is 16.9. The van der Waals surface area contributed by atoms with Crippen LogP contribution in [0, 0.1) is 11.3 Å². The number of rotatable bonds is 9. The normalized spacial score (nSPS) is 23.5. The lowest BCUT2D eigenvalue weighted by molar-refractivity contribution is -0.150. The van der Waals surface area contributed by atoms with Crippen LogP contribution in [0.1, 0.15) is 78.5 Å². The molecule has 3 amide bonds. The van der Waals surface area contributed by atoms with Crippen molar-refractivity contribution in [1.29, 1.82) is 0 Å². The molecule has 2 aliphatic heterocycles. The van der Waals surface area contributed by atoms with E-state index >= 15 is 0 Å². The van der Waals surface area contributed by atoms with Gasteiger partial charge in [-0.2, -0.15) is 5.10 Å². The standard InChI is InChI=1S/C36H47BrN6O7/c1-9-23-16-36(23,32(47)49-10-2)40-29(44)25-15-24(20-42(25)31(46)28(34(3,4)5)39-33(48)50-35(6,7)8)43-30(45)27(37)26(17-38-43)41-18-21-13-11-12-14-22(21)19-41/h9,11-14,17,23-25,28H,1,10,15-16,18-20H2,2-8H3,(H,39,48)(H,40,44)/t23-,24-,25+,28-,36-/m1/s1. The highest BCUT2D eigenvalue weighted by molar-refractivity contribution is 9.10. The minimum Gasteiger partial charge on any atom is -0.464 e. The first kappa shape index (κ1) is 37.1. The Labute approximate surface area is 300 Å². The summed E-state index contributed by atoms with van der Waals surface area (Å²) in [6, 6.07) is 5.18. The van der Waals surface area contributed by atoms with Crippen LogP contribution in [-0.4, -0.2) is 74.9 Å². The molecule has 13 nitrogen and oxygen atoms in total. The Morgan fingerprint density at radius 2 is 1.76 bits per heavy atom. The molecule has 3 heterocycles. The molecule has 5 atom stereocenters. The Balaban J connectivity index is 1.46. The highest BCUT2D eigenvalue weighted by Gasteiger charge is 2.62. The van der Waals surface area contributed by atoms with Gasteiger partial charge in [0.2, 0.25) is 11.8 Å². The summed E-state index contributed by atoms with van der Waals surface area (Å²) in [5, 5.41) is 10.1. The monoisotopic (exact) mass is 754 g/mol. The van der Waals surface area contributed by atoms with E-state index in [0.29, 0.717) is 29.7 Å². The van der Waals surface area contributed by atoms with Crippen molar-refractivity contribution in [3.8, 4) is 0 Å². The minimum atomic E-state index is -1.30. The maximum atomic E-state index is 14.5. The maximum absolute atomic E-state index is 14.5. The first-order chi connectivity index (χ1) is 23.4. The molecule has 1 saturated carbocycles. The SMILES string of the molecule is C=C[C@@H]1C[C@]1(NC(=O)[C@@H]1C[C@@H](n2ncc(N3Cc4ccccc4C3)c(Br)c2=O)CN1C(=O)[C@@H](NC(=O)OC(C)(C)C)C(C)(C)C)C(=O)OCC. The molecule has 1 saturated heterocycles. The molecule has 50 heavy (non-hydrogen) atoms. The largest absolute Gasteiger partial charge is 0.464 e. The number of benzene rings is 1. The number of hydrogen-bond donors (Lipinski definition) is 2. The van der Waals surface area contributed by atoms with E-state index in [4.69, 9.17) is 9.47 Å². The number of aromatic nitrogens is 2. The predicted octanol–water partition coefficient (Wildman–Crippen LogP) is 4.23. The van der Waals surface area contributed by atoms with E-state index in [0.717, 1.165) is 0 Å². The smallest absolute Gasteiger partial charge is 0.408 e. The number of anilines is 1. The molecule has 0 bridgehead atoms. The van der Waals surface area contributed by atoms with E-state index in [1.807, 2.05) is 12.1 Å². The van der Waals surface area contributed by atoms with Crippen molar-refractivity contribution in [3.05, 3.63) is 69.1 Å². The zero-order valence-corrected chi connectivity index (χ0v) is 31.3. The van der Waals surface area contributed by atoms with Gasteiger partial charge in [-0.25, -0.2) is 14.3 Å². The third-order valence-corrected chi connectivity index (χ3v) is 10.1. The number of carbonyl (C=O) groups excluding carboxylic acids is 4. The van der Waals surface area contributed by atoms with Gasteiger partial charge < -0.3 is 29.9 Å². The predicted molar refractivity (Wildman–Crippen MR) is 190 cm³/mol. The van der Waals surface area contributed by atoms with E-state index < -0.39 is 64.1 Å². The second-order valence-electron chi connectivity index (χ2n) is 15.3. The second kappa shape index (κ2) is 13.8. The second-order valence-corrected chi connectivity index (χ2v) is 16.1. The van der Waals surface area contributed by atoms with Gasteiger partial charge in [-0.05, 0) is 66.6 Å². The molecule has 1 aromatic heterocycles. The average Bonchev–Trinajstić information content (AvgIpc) is 3.34. The molecule has 2 N–H and O–H groups in total. The molecule has 3 aliphatic rings. The molecular formula is C36H47BrN6O7. The van der Waals surface area contributed by atoms with E-state index in [1.54, 1.807) is 60.7 Å². The third-order valence-electron chi connectivity index (χ3n) is 9.38. The first-order valence-corrected chi connectivity index (χ1v) is 17.7. The van der Waals surface area contributed by atoms with E-state index in [9.17, 15) is 24.0 Å². The fourth-order valence-electron chi connectivity index (χ4n) is 6.71. The number of hydrogen-bond acceptors (Lipinski definition) is 9. The van der Waals surface area contributed by atoms with Gasteiger partial charge in [-0.3, -0.25) is 14.4 Å². The highest BCUT2D eigenvalue weighted by atomic mass is 79.9. The van der Waals surface area contributed by atoms with Gasteiger partial charge in [0.1, 0.15) is 27.7 Å². The van der Waals surface area contributed by atoms with Crippen LogP contribution < -0.4 is 21.1 Å². The van der Waals surface area contributed by atoms with Crippen LogP contribution in [0.3, 0.4) is 0 Å². The topological polar surface area (TPSA) is 152 Å². The summed E-state index contributed by atoms with van der Waals surface area (Å²) in [6.07, 6.45) is 2.78. The number of esters is 1. The summed E-state index contributed by atoms with van der Waals surface area (Å²) >= 11 is 3.52. The van der Waals surface area contributed by atoms with Gasteiger partial charge in [0.05, 0.1) is 24.5 Å².